The number of nitriles is 1. The van der Waals surface area contributed by atoms with Gasteiger partial charge >= 0.3 is 0 Å². The number of likely N-dealkylation sites (tertiary alicyclic amines) is 1. The highest BCUT2D eigenvalue weighted by atomic mass is 35.5. The van der Waals surface area contributed by atoms with Crippen LogP contribution in [0.1, 0.15) is 36.0 Å². The Morgan fingerprint density at radius 1 is 1.03 bits per heavy atom. The van der Waals surface area contributed by atoms with Crippen molar-refractivity contribution in [1.82, 2.24) is 10.2 Å². The Bertz CT molecular complexity index is 1200. The number of nitrogens with zero attached hydrogens (tertiary/aromatic N) is 2. The molecule has 2 unspecified atom stereocenters. The number of halogens is 3. The minimum atomic E-state index is -0.642. The molecule has 1 aliphatic heterocycles. The highest BCUT2D eigenvalue weighted by Crippen LogP contribution is 2.37. The van der Waals surface area contributed by atoms with Crippen molar-refractivity contribution >= 4 is 41.5 Å². The van der Waals surface area contributed by atoms with Crippen LogP contribution in [0.3, 0.4) is 0 Å². The normalized spacial score (nSPS) is 19.1. The summed E-state index contributed by atoms with van der Waals surface area (Å²) in [5.74, 6) is 0.00861. The lowest BCUT2D eigenvalue weighted by Crippen LogP contribution is -2.56. The zero-order valence-electron chi connectivity index (χ0n) is 20.4. The standard InChI is InChI=1S/C29H29Cl2N3O2.ClH/c30-25-12-11-23(17-26(25)31)20-36-16-13-28(35)34-15-14-29(21-32,24-9-5-2-6-10-24)18-27(34)33-19-22-7-3-1-4-8-22;/h1-12,17,27,33H,13-16,18-20H2;1H. The van der Waals surface area contributed by atoms with Gasteiger partial charge in [-0.05, 0) is 35.2 Å². The number of amides is 1. The smallest absolute Gasteiger partial charge is 0.226 e. The number of nitrogens with one attached hydrogen (secondary N) is 1. The Kier molecular flexibility index (Phi) is 10.8. The second kappa shape index (κ2) is 13.8. The van der Waals surface area contributed by atoms with Crippen molar-refractivity contribution in [3.05, 3.63) is 106 Å². The maximum absolute atomic E-state index is 13.3. The van der Waals surface area contributed by atoms with Crippen molar-refractivity contribution in [3.8, 4) is 6.07 Å². The van der Waals surface area contributed by atoms with Gasteiger partial charge < -0.3 is 9.64 Å². The van der Waals surface area contributed by atoms with Crippen LogP contribution in [0.2, 0.25) is 10.0 Å². The second-order valence-electron chi connectivity index (χ2n) is 9.03. The Balaban J connectivity index is 0.00000380. The van der Waals surface area contributed by atoms with E-state index in [0.29, 0.717) is 49.2 Å². The first-order valence-corrected chi connectivity index (χ1v) is 12.8. The number of rotatable bonds is 9. The number of carbonyl (C=O) groups excluding carboxylic acids is 1. The van der Waals surface area contributed by atoms with Crippen molar-refractivity contribution in [1.29, 1.82) is 5.26 Å². The average Bonchev–Trinajstić information content (AvgIpc) is 2.92. The summed E-state index contributed by atoms with van der Waals surface area (Å²) in [6, 6.07) is 27.9. The molecular formula is C29H30Cl3N3O2. The van der Waals surface area contributed by atoms with E-state index in [-0.39, 0.29) is 30.9 Å². The molecule has 8 heteroatoms. The van der Waals surface area contributed by atoms with Crippen LogP contribution in [0.15, 0.2) is 78.9 Å². The topological polar surface area (TPSA) is 65.4 Å². The van der Waals surface area contributed by atoms with Crippen LogP contribution in [0.5, 0.6) is 0 Å². The van der Waals surface area contributed by atoms with Gasteiger partial charge in [0.1, 0.15) is 0 Å². The van der Waals surface area contributed by atoms with Crippen LogP contribution >= 0.6 is 35.6 Å². The summed E-state index contributed by atoms with van der Waals surface area (Å²) < 4.78 is 5.75. The maximum Gasteiger partial charge on any atom is 0.226 e. The van der Waals surface area contributed by atoms with E-state index in [1.54, 1.807) is 12.1 Å². The molecule has 0 aliphatic carbocycles. The van der Waals surface area contributed by atoms with Crippen LogP contribution in [-0.2, 0) is 28.1 Å². The maximum atomic E-state index is 13.3. The van der Waals surface area contributed by atoms with Crippen LogP contribution in [0, 0.1) is 11.3 Å². The molecule has 1 saturated heterocycles. The molecule has 0 saturated carbocycles. The largest absolute Gasteiger partial charge is 0.376 e. The van der Waals surface area contributed by atoms with E-state index < -0.39 is 5.41 Å². The average molecular weight is 559 g/mol. The van der Waals surface area contributed by atoms with Gasteiger partial charge in [-0.3, -0.25) is 10.1 Å². The first-order valence-electron chi connectivity index (χ1n) is 12.1. The van der Waals surface area contributed by atoms with Crippen molar-refractivity contribution < 1.29 is 9.53 Å². The van der Waals surface area contributed by atoms with E-state index in [0.717, 1.165) is 16.7 Å². The number of benzene rings is 3. The van der Waals surface area contributed by atoms with Gasteiger partial charge in [0.05, 0.1) is 47.3 Å². The zero-order chi connectivity index (χ0) is 25.4. The number of piperidine rings is 1. The predicted molar refractivity (Wildman–Crippen MR) is 150 cm³/mol. The van der Waals surface area contributed by atoms with Gasteiger partial charge in [-0.2, -0.15) is 5.26 Å². The monoisotopic (exact) mass is 557 g/mol. The molecule has 1 amide bonds. The van der Waals surface area contributed by atoms with Gasteiger partial charge in [0.25, 0.3) is 0 Å². The van der Waals surface area contributed by atoms with Crippen molar-refractivity contribution in [2.45, 2.75) is 44.0 Å². The molecule has 37 heavy (non-hydrogen) atoms. The third-order valence-electron chi connectivity index (χ3n) is 6.66. The summed E-state index contributed by atoms with van der Waals surface area (Å²) in [5, 5.41) is 14.7. The van der Waals surface area contributed by atoms with E-state index in [9.17, 15) is 10.1 Å². The molecule has 3 aromatic rings. The Morgan fingerprint density at radius 3 is 2.41 bits per heavy atom. The van der Waals surface area contributed by atoms with Crippen LogP contribution in [-0.4, -0.2) is 30.1 Å². The fourth-order valence-corrected chi connectivity index (χ4v) is 4.95. The summed E-state index contributed by atoms with van der Waals surface area (Å²) in [6.07, 6.45) is 1.11. The molecule has 0 aromatic heterocycles. The van der Waals surface area contributed by atoms with Crippen molar-refractivity contribution in [2.24, 2.45) is 0 Å². The summed E-state index contributed by atoms with van der Waals surface area (Å²) >= 11 is 12.0. The van der Waals surface area contributed by atoms with Gasteiger partial charge in [-0.25, -0.2) is 0 Å². The molecule has 5 nitrogen and oxygen atoms in total. The van der Waals surface area contributed by atoms with Gasteiger partial charge in [-0.1, -0.05) is 89.9 Å². The molecule has 1 heterocycles. The van der Waals surface area contributed by atoms with Gasteiger partial charge in [-0.15, -0.1) is 12.4 Å². The Morgan fingerprint density at radius 2 is 1.73 bits per heavy atom. The summed E-state index contributed by atoms with van der Waals surface area (Å²) in [6.45, 7) is 1.76. The van der Waals surface area contributed by atoms with Crippen molar-refractivity contribution in [3.63, 3.8) is 0 Å². The third kappa shape index (κ3) is 7.47. The van der Waals surface area contributed by atoms with Crippen LogP contribution < -0.4 is 5.32 Å². The first-order chi connectivity index (χ1) is 17.5. The summed E-state index contributed by atoms with van der Waals surface area (Å²) in [5.41, 5.74) is 2.38. The molecule has 194 valence electrons. The van der Waals surface area contributed by atoms with E-state index in [1.165, 1.54) is 0 Å². The zero-order valence-corrected chi connectivity index (χ0v) is 22.7. The highest BCUT2D eigenvalue weighted by Gasteiger charge is 2.42. The number of hydrogen-bond acceptors (Lipinski definition) is 4. The quantitative estimate of drug-likeness (QED) is 0.304. The van der Waals surface area contributed by atoms with E-state index in [1.807, 2.05) is 71.6 Å². The lowest BCUT2D eigenvalue weighted by Gasteiger charge is -2.44. The number of carbonyl (C=O) groups is 1. The molecule has 0 radical (unpaired) electrons. The van der Waals surface area contributed by atoms with Crippen LogP contribution in [0.4, 0.5) is 0 Å². The molecule has 1 fully saturated rings. The number of ether oxygens (including phenoxy) is 1. The lowest BCUT2D eigenvalue weighted by atomic mass is 9.72. The van der Waals surface area contributed by atoms with Crippen molar-refractivity contribution in [2.75, 3.05) is 13.2 Å². The molecule has 4 rings (SSSR count). The van der Waals surface area contributed by atoms with Crippen LogP contribution in [0.25, 0.3) is 0 Å². The van der Waals surface area contributed by atoms with Gasteiger partial charge in [0.2, 0.25) is 5.91 Å². The molecule has 1 aliphatic rings. The van der Waals surface area contributed by atoms with Gasteiger partial charge in [0, 0.05) is 19.5 Å². The molecule has 2 atom stereocenters. The minimum absolute atomic E-state index is 0. The lowest BCUT2D eigenvalue weighted by molar-refractivity contribution is -0.137. The molecular weight excluding hydrogens is 529 g/mol. The fourth-order valence-electron chi connectivity index (χ4n) is 4.63. The summed E-state index contributed by atoms with van der Waals surface area (Å²) in [7, 11) is 0. The second-order valence-corrected chi connectivity index (χ2v) is 9.85. The highest BCUT2D eigenvalue weighted by molar-refractivity contribution is 6.42. The van der Waals surface area contributed by atoms with E-state index in [4.69, 9.17) is 27.9 Å². The number of hydrogen-bond donors (Lipinski definition) is 1. The fraction of sp³-hybridized carbons (Fsp3) is 0.310. The molecule has 3 aromatic carbocycles. The predicted octanol–water partition coefficient (Wildman–Crippen LogP) is 6.52. The van der Waals surface area contributed by atoms with E-state index in [2.05, 4.69) is 11.4 Å². The van der Waals surface area contributed by atoms with E-state index >= 15 is 0 Å². The molecule has 0 bridgehead atoms. The van der Waals surface area contributed by atoms with Gasteiger partial charge in [0.15, 0.2) is 0 Å². The Hall–Kier alpha value is -2.59. The first kappa shape index (κ1) is 29.0. The minimum Gasteiger partial charge on any atom is -0.376 e. The SMILES string of the molecule is Cl.N#CC1(c2ccccc2)CCN(C(=O)CCOCc2ccc(Cl)c(Cl)c2)C(NCc2ccccc2)C1. The third-order valence-corrected chi connectivity index (χ3v) is 7.39. The molecule has 1 N–H and O–H groups in total. The Labute approximate surface area is 234 Å². The molecule has 0 spiro atoms. The summed E-state index contributed by atoms with van der Waals surface area (Å²) in [4.78, 5) is 15.1.